The Morgan fingerprint density at radius 2 is 2.19 bits per heavy atom. The zero-order valence-corrected chi connectivity index (χ0v) is 15.3. The highest BCUT2D eigenvalue weighted by Crippen LogP contribution is 2.25. The van der Waals surface area contributed by atoms with Crippen LogP contribution in [0.5, 0.6) is 11.6 Å². The first-order valence-electron chi connectivity index (χ1n) is 8.21. The molecule has 0 aliphatic rings. The topological polar surface area (TPSA) is 120 Å². The summed E-state index contributed by atoms with van der Waals surface area (Å²) in [7, 11) is 5.41. The number of nitrogens with one attached hydrogen (secondary N) is 1. The highest BCUT2D eigenvalue weighted by molar-refractivity contribution is 6.12. The predicted octanol–water partition coefficient (Wildman–Crippen LogP) is 0.908. The maximum absolute atomic E-state index is 12.8. The molecule has 3 heterocycles. The van der Waals surface area contributed by atoms with Gasteiger partial charge in [-0.1, -0.05) is 0 Å². The van der Waals surface area contributed by atoms with Crippen molar-refractivity contribution in [1.29, 1.82) is 0 Å². The first kappa shape index (κ1) is 18.4. The molecule has 0 radical (unpaired) electrons. The number of aromatic nitrogens is 4. The van der Waals surface area contributed by atoms with Crippen LogP contribution in [0.25, 0.3) is 5.65 Å². The minimum absolute atomic E-state index is 0.0632. The monoisotopic (exact) mass is 371 g/mol. The molecule has 3 aromatic rings. The first-order chi connectivity index (χ1) is 13.0. The van der Waals surface area contributed by atoms with E-state index >= 15 is 0 Å². The number of carbonyl (C=O) groups excluding carboxylic acids is 1. The Hall–Kier alpha value is -3.40. The molecule has 0 aliphatic heterocycles. The van der Waals surface area contributed by atoms with Crippen molar-refractivity contribution in [3.63, 3.8) is 0 Å². The van der Waals surface area contributed by atoms with E-state index < -0.39 is 5.91 Å². The molecular weight excluding hydrogens is 350 g/mol. The van der Waals surface area contributed by atoms with E-state index in [9.17, 15) is 4.79 Å². The van der Waals surface area contributed by atoms with Crippen LogP contribution in [0.2, 0.25) is 0 Å². The van der Waals surface area contributed by atoms with E-state index in [0.29, 0.717) is 29.6 Å². The summed E-state index contributed by atoms with van der Waals surface area (Å²) in [5, 5.41) is 6.86. The summed E-state index contributed by atoms with van der Waals surface area (Å²) in [6.07, 6.45) is 4.70. The minimum Gasteiger partial charge on any atom is -0.494 e. The summed E-state index contributed by atoms with van der Waals surface area (Å²) in [5.74, 6) is 0.464. The number of hydrogen-bond donors (Lipinski definition) is 2. The molecule has 3 aromatic heterocycles. The Morgan fingerprint density at radius 3 is 2.93 bits per heavy atom. The highest BCUT2D eigenvalue weighted by atomic mass is 16.5. The van der Waals surface area contributed by atoms with Gasteiger partial charge in [0.05, 0.1) is 13.3 Å². The average molecular weight is 371 g/mol. The largest absolute Gasteiger partial charge is 0.494 e. The lowest BCUT2D eigenvalue weighted by Crippen LogP contribution is -2.19. The van der Waals surface area contributed by atoms with E-state index in [2.05, 4.69) is 20.4 Å². The molecule has 0 bridgehead atoms. The summed E-state index contributed by atoms with van der Waals surface area (Å²) in [6.45, 7) is 1.20. The fourth-order valence-corrected chi connectivity index (χ4v) is 2.40. The van der Waals surface area contributed by atoms with E-state index in [1.54, 1.807) is 24.5 Å². The summed E-state index contributed by atoms with van der Waals surface area (Å²) >= 11 is 0. The molecule has 0 saturated carbocycles. The minimum atomic E-state index is -0.466. The molecule has 0 saturated heterocycles. The van der Waals surface area contributed by atoms with Crippen molar-refractivity contribution < 1.29 is 14.3 Å². The van der Waals surface area contributed by atoms with Gasteiger partial charge in [0, 0.05) is 31.1 Å². The zero-order valence-electron chi connectivity index (χ0n) is 15.3. The molecule has 27 heavy (non-hydrogen) atoms. The maximum atomic E-state index is 12.8. The number of pyridine rings is 1. The van der Waals surface area contributed by atoms with Crippen LogP contribution in [-0.2, 0) is 0 Å². The van der Waals surface area contributed by atoms with Crippen LogP contribution >= 0.6 is 0 Å². The molecule has 10 nitrogen and oxygen atoms in total. The Labute approximate surface area is 155 Å². The number of hydrogen-bond acceptors (Lipinski definition) is 8. The van der Waals surface area contributed by atoms with E-state index in [-0.39, 0.29) is 11.4 Å². The molecule has 142 valence electrons. The number of amides is 1. The number of methoxy groups -OCH3 is 1. The molecule has 0 fully saturated rings. The van der Waals surface area contributed by atoms with Crippen LogP contribution in [0.1, 0.15) is 10.4 Å². The predicted molar refractivity (Wildman–Crippen MR) is 100 cm³/mol. The number of anilines is 2. The second-order valence-corrected chi connectivity index (χ2v) is 5.98. The Bertz CT molecular complexity index is 955. The van der Waals surface area contributed by atoms with E-state index in [4.69, 9.17) is 15.2 Å². The molecule has 3 N–H and O–H groups in total. The van der Waals surface area contributed by atoms with Gasteiger partial charge in [0.2, 0.25) is 5.88 Å². The van der Waals surface area contributed by atoms with Crippen LogP contribution in [-0.4, -0.2) is 64.7 Å². The van der Waals surface area contributed by atoms with Crippen molar-refractivity contribution in [1.82, 2.24) is 24.5 Å². The molecule has 0 spiro atoms. The number of carbonyl (C=O) groups is 1. The van der Waals surface area contributed by atoms with Gasteiger partial charge in [-0.3, -0.25) is 9.78 Å². The summed E-state index contributed by atoms with van der Waals surface area (Å²) in [4.78, 5) is 23.1. The van der Waals surface area contributed by atoms with Crippen molar-refractivity contribution >= 4 is 23.1 Å². The molecular formula is C17H21N7O3. The highest BCUT2D eigenvalue weighted by Gasteiger charge is 2.21. The van der Waals surface area contributed by atoms with Crippen molar-refractivity contribution in [2.75, 3.05) is 45.4 Å². The number of rotatable bonds is 7. The fourth-order valence-electron chi connectivity index (χ4n) is 2.40. The number of likely N-dealkylation sites (N-methyl/N-ethyl adjacent to an activating group) is 1. The van der Waals surface area contributed by atoms with Gasteiger partial charge in [-0.25, -0.2) is 4.52 Å². The lowest BCUT2D eigenvalue weighted by molar-refractivity contribution is 0.102. The van der Waals surface area contributed by atoms with Crippen molar-refractivity contribution in [3.8, 4) is 11.6 Å². The Morgan fingerprint density at radius 1 is 1.37 bits per heavy atom. The molecule has 0 unspecified atom stereocenters. The summed E-state index contributed by atoms with van der Waals surface area (Å²) in [6, 6.07) is 3.31. The van der Waals surface area contributed by atoms with Gasteiger partial charge in [-0.15, -0.1) is 5.10 Å². The van der Waals surface area contributed by atoms with Crippen LogP contribution in [0.3, 0.4) is 0 Å². The molecule has 0 atom stereocenters. The number of nitrogens with two attached hydrogens (primary N) is 1. The van der Waals surface area contributed by atoms with E-state index in [1.165, 1.54) is 17.8 Å². The van der Waals surface area contributed by atoms with E-state index in [0.717, 1.165) is 6.54 Å². The zero-order chi connectivity index (χ0) is 19.4. The normalized spacial score (nSPS) is 11.0. The number of fused-ring (bicyclic) bond motifs is 1. The third kappa shape index (κ3) is 4.06. The van der Waals surface area contributed by atoms with Gasteiger partial charge in [-0.05, 0) is 14.1 Å². The quantitative estimate of drug-likeness (QED) is 0.629. The van der Waals surface area contributed by atoms with Crippen LogP contribution in [0, 0.1) is 0 Å². The van der Waals surface area contributed by atoms with Crippen LogP contribution < -0.4 is 20.5 Å². The summed E-state index contributed by atoms with van der Waals surface area (Å²) in [5.41, 5.74) is 6.81. The number of nitrogen functional groups attached to an aromatic ring is 1. The SMILES string of the molecule is COc1ccncc1NC(=O)c1c(N)nn2ccc(OCCN(C)C)nc12. The number of nitrogens with zero attached hydrogens (tertiary/aromatic N) is 5. The van der Waals surface area contributed by atoms with Crippen molar-refractivity contribution in [2.45, 2.75) is 0 Å². The van der Waals surface area contributed by atoms with E-state index in [1.807, 2.05) is 19.0 Å². The summed E-state index contributed by atoms with van der Waals surface area (Å²) < 4.78 is 12.3. The second kappa shape index (κ2) is 7.87. The van der Waals surface area contributed by atoms with Crippen LogP contribution in [0.4, 0.5) is 11.5 Å². The lowest BCUT2D eigenvalue weighted by Gasteiger charge is -2.10. The standard InChI is InChI=1S/C17H21N7O3/c1-23(2)8-9-27-13-5-7-24-16(21-13)14(15(18)22-24)17(25)20-11-10-19-6-4-12(11)26-3/h4-7,10H,8-9H2,1-3H3,(H2,18,22)(H,20,25). The molecule has 0 aromatic carbocycles. The van der Waals surface area contributed by atoms with Gasteiger partial charge in [-0.2, -0.15) is 4.98 Å². The van der Waals surface area contributed by atoms with Crippen molar-refractivity contribution in [2.24, 2.45) is 0 Å². The van der Waals surface area contributed by atoms with Gasteiger partial charge in [0.15, 0.2) is 11.5 Å². The van der Waals surface area contributed by atoms with Gasteiger partial charge in [0.25, 0.3) is 5.91 Å². The van der Waals surface area contributed by atoms with Crippen molar-refractivity contribution in [3.05, 3.63) is 36.3 Å². The molecule has 10 heteroatoms. The number of ether oxygens (including phenoxy) is 2. The average Bonchev–Trinajstić information content (AvgIpc) is 2.97. The van der Waals surface area contributed by atoms with Gasteiger partial charge in [0.1, 0.15) is 23.6 Å². The molecule has 3 rings (SSSR count). The van der Waals surface area contributed by atoms with Gasteiger partial charge >= 0.3 is 0 Å². The molecule has 1 amide bonds. The Balaban J connectivity index is 1.88. The molecule has 0 aliphatic carbocycles. The smallest absolute Gasteiger partial charge is 0.263 e. The Kier molecular flexibility index (Phi) is 5.36. The maximum Gasteiger partial charge on any atom is 0.263 e. The second-order valence-electron chi connectivity index (χ2n) is 5.98. The van der Waals surface area contributed by atoms with Gasteiger partial charge < -0.3 is 25.4 Å². The lowest BCUT2D eigenvalue weighted by atomic mass is 10.2. The third-order valence-corrected chi connectivity index (χ3v) is 3.75. The first-order valence-corrected chi connectivity index (χ1v) is 8.21. The van der Waals surface area contributed by atoms with Crippen LogP contribution in [0.15, 0.2) is 30.7 Å². The third-order valence-electron chi connectivity index (χ3n) is 3.75. The fraction of sp³-hybridized carbons (Fsp3) is 0.294.